The van der Waals surface area contributed by atoms with Gasteiger partial charge in [-0.15, -0.1) is 0 Å². The molecule has 2 aromatic rings. The van der Waals surface area contributed by atoms with Crippen molar-refractivity contribution >= 4 is 5.78 Å². The number of fused-ring (bicyclic) bond motifs is 1. The van der Waals surface area contributed by atoms with Crippen LogP contribution in [-0.4, -0.2) is 5.78 Å². The largest absolute Gasteiger partial charge is 0.294 e. The first-order valence-electron chi connectivity index (χ1n) is 6.50. The highest BCUT2D eigenvalue weighted by molar-refractivity contribution is 6.00. The minimum atomic E-state index is 0.155. The van der Waals surface area contributed by atoms with E-state index in [-0.39, 0.29) is 5.92 Å². The lowest BCUT2D eigenvalue weighted by Crippen LogP contribution is -2.24. The third kappa shape index (κ3) is 2.08. The van der Waals surface area contributed by atoms with E-state index < -0.39 is 0 Å². The maximum atomic E-state index is 12.4. The van der Waals surface area contributed by atoms with Crippen LogP contribution in [0.2, 0.25) is 0 Å². The Morgan fingerprint density at radius 3 is 2.50 bits per heavy atom. The normalized spacial score (nSPS) is 18.4. The van der Waals surface area contributed by atoms with Crippen LogP contribution in [0.1, 0.15) is 27.9 Å². The SMILES string of the molecule is O=C1c2ccccc2CC[C@H]1Cc1ccccc1. The molecule has 0 bridgehead atoms. The predicted molar refractivity (Wildman–Crippen MR) is 72.7 cm³/mol. The Balaban J connectivity index is 1.83. The summed E-state index contributed by atoms with van der Waals surface area (Å²) in [6, 6.07) is 18.3. The van der Waals surface area contributed by atoms with Gasteiger partial charge >= 0.3 is 0 Å². The molecule has 0 aromatic heterocycles. The average Bonchev–Trinajstić information content (AvgIpc) is 2.43. The Hall–Kier alpha value is -1.89. The maximum absolute atomic E-state index is 12.4. The van der Waals surface area contributed by atoms with E-state index >= 15 is 0 Å². The van der Waals surface area contributed by atoms with E-state index in [9.17, 15) is 4.79 Å². The summed E-state index contributed by atoms with van der Waals surface area (Å²) >= 11 is 0. The second kappa shape index (κ2) is 4.77. The molecule has 0 radical (unpaired) electrons. The van der Waals surface area contributed by atoms with Gasteiger partial charge in [0.05, 0.1) is 0 Å². The topological polar surface area (TPSA) is 17.1 Å². The molecule has 0 saturated carbocycles. The molecule has 1 nitrogen and oxygen atoms in total. The van der Waals surface area contributed by atoms with Crippen LogP contribution in [0, 0.1) is 5.92 Å². The molecular formula is C17H16O. The number of hydrogen-bond donors (Lipinski definition) is 0. The smallest absolute Gasteiger partial charge is 0.166 e. The van der Waals surface area contributed by atoms with Crippen molar-refractivity contribution in [3.05, 3.63) is 71.3 Å². The number of ketones is 1. The second-order valence-corrected chi connectivity index (χ2v) is 4.95. The van der Waals surface area contributed by atoms with E-state index in [1.54, 1.807) is 0 Å². The molecule has 1 aliphatic rings. The fourth-order valence-corrected chi connectivity index (χ4v) is 2.75. The minimum absolute atomic E-state index is 0.155. The quantitative estimate of drug-likeness (QED) is 0.777. The van der Waals surface area contributed by atoms with Crippen molar-refractivity contribution in [1.82, 2.24) is 0 Å². The molecule has 0 spiro atoms. The van der Waals surface area contributed by atoms with Crippen LogP contribution < -0.4 is 0 Å². The number of benzene rings is 2. The van der Waals surface area contributed by atoms with Gasteiger partial charge in [-0.05, 0) is 30.4 Å². The summed E-state index contributed by atoms with van der Waals surface area (Å²) < 4.78 is 0. The van der Waals surface area contributed by atoms with E-state index in [1.807, 2.05) is 36.4 Å². The zero-order valence-corrected chi connectivity index (χ0v) is 10.3. The highest BCUT2D eigenvalue weighted by Crippen LogP contribution is 2.27. The lowest BCUT2D eigenvalue weighted by molar-refractivity contribution is 0.0901. The first-order chi connectivity index (χ1) is 8.84. The van der Waals surface area contributed by atoms with E-state index in [0.717, 1.165) is 24.8 Å². The third-order valence-electron chi connectivity index (χ3n) is 3.74. The Morgan fingerprint density at radius 1 is 0.944 bits per heavy atom. The lowest BCUT2D eigenvalue weighted by atomic mass is 9.80. The van der Waals surface area contributed by atoms with Crippen molar-refractivity contribution < 1.29 is 4.79 Å². The molecule has 1 aliphatic carbocycles. The summed E-state index contributed by atoms with van der Waals surface area (Å²) in [5.41, 5.74) is 3.41. The van der Waals surface area contributed by atoms with Crippen LogP contribution in [0.25, 0.3) is 0 Å². The maximum Gasteiger partial charge on any atom is 0.166 e. The number of carbonyl (C=O) groups is 1. The zero-order valence-electron chi connectivity index (χ0n) is 10.3. The summed E-state index contributed by atoms with van der Waals surface area (Å²) in [7, 11) is 0. The van der Waals surface area contributed by atoms with Crippen molar-refractivity contribution in [2.75, 3.05) is 0 Å². The van der Waals surface area contributed by atoms with Crippen LogP contribution in [0.15, 0.2) is 54.6 Å². The zero-order chi connectivity index (χ0) is 12.4. The molecular weight excluding hydrogens is 220 g/mol. The Labute approximate surface area is 107 Å². The Bertz CT molecular complexity index is 557. The molecule has 0 saturated heterocycles. The van der Waals surface area contributed by atoms with Crippen molar-refractivity contribution in [3.8, 4) is 0 Å². The summed E-state index contributed by atoms with van der Waals surface area (Å²) in [4.78, 5) is 12.4. The molecule has 2 aromatic carbocycles. The fourth-order valence-electron chi connectivity index (χ4n) is 2.75. The number of aryl methyl sites for hydroxylation is 1. The van der Waals surface area contributed by atoms with Crippen LogP contribution in [0.4, 0.5) is 0 Å². The van der Waals surface area contributed by atoms with Crippen molar-refractivity contribution in [2.45, 2.75) is 19.3 Å². The minimum Gasteiger partial charge on any atom is -0.294 e. The molecule has 1 heteroatoms. The van der Waals surface area contributed by atoms with E-state index in [1.165, 1.54) is 11.1 Å². The van der Waals surface area contributed by atoms with E-state index in [4.69, 9.17) is 0 Å². The highest BCUT2D eigenvalue weighted by Gasteiger charge is 2.26. The molecule has 0 heterocycles. The Morgan fingerprint density at radius 2 is 1.67 bits per heavy atom. The summed E-state index contributed by atoms with van der Waals surface area (Å²) in [5.74, 6) is 0.475. The number of rotatable bonds is 2. The van der Waals surface area contributed by atoms with Gasteiger partial charge in [0.15, 0.2) is 5.78 Å². The van der Waals surface area contributed by atoms with Gasteiger partial charge in [-0.2, -0.15) is 0 Å². The van der Waals surface area contributed by atoms with Crippen LogP contribution in [0.5, 0.6) is 0 Å². The predicted octanol–water partition coefficient (Wildman–Crippen LogP) is 3.67. The molecule has 3 rings (SSSR count). The standard InChI is InChI=1S/C17H16O/c18-17-15(12-13-6-2-1-3-7-13)11-10-14-8-4-5-9-16(14)17/h1-9,15H,10-12H2/t15-/m0/s1. The summed E-state index contributed by atoms with van der Waals surface area (Å²) in [6.07, 6.45) is 2.87. The molecule has 0 N–H and O–H groups in total. The summed E-state index contributed by atoms with van der Waals surface area (Å²) in [6.45, 7) is 0. The van der Waals surface area contributed by atoms with Crippen molar-refractivity contribution in [3.63, 3.8) is 0 Å². The lowest BCUT2D eigenvalue weighted by Gasteiger charge is -2.23. The van der Waals surface area contributed by atoms with Gasteiger partial charge in [-0.25, -0.2) is 0 Å². The second-order valence-electron chi connectivity index (χ2n) is 4.95. The molecule has 0 unspecified atom stereocenters. The van der Waals surface area contributed by atoms with Gasteiger partial charge in [-0.3, -0.25) is 4.79 Å². The molecule has 90 valence electrons. The third-order valence-corrected chi connectivity index (χ3v) is 3.74. The number of carbonyl (C=O) groups excluding carboxylic acids is 1. The average molecular weight is 236 g/mol. The van der Waals surface area contributed by atoms with Crippen LogP contribution in [0.3, 0.4) is 0 Å². The molecule has 0 aliphatic heterocycles. The fraction of sp³-hybridized carbons (Fsp3) is 0.235. The molecule has 18 heavy (non-hydrogen) atoms. The summed E-state index contributed by atoms with van der Waals surface area (Å²) in [5, 5.41) is 0. The van der Waals surface area contributed by atoms with Crippen LogP contribution in [-0.2, 0) is 12.8 Å². The van der Waals surface area contributed by atoms with Gasteiger partial charge < -0.3 is 0 Å². The van der Waals surface area contributed by atoms with Gasteiger partial charge in [0.25, 0.3) is 0 Å². The first kappa shape index (κ1) is 11.2. The number of Topliss-reactive ketones (excluding diaryl/α,β-unsaturated/α-hetero) is 1. The van der Waals surface area contributed by atoms with Gasteiger partial charge in [0.2, 0.25) is 0 Å². The van der Waals surface area contributed by atoms with Gasteiger partial charge in [0.1, 0.15) is 0 Å². The van der Waals surface area contributed by atoms with E-state index in [0.29, 0.717) is 5.78 Å². The molecule has 1 atom stereocenters. The highest BCUT2D eigenvalue weighted by atomic mass is 16.1. The van der Waals surface area contributed by atoms with Crippen molar-refractivity contribution in [2.24, 2.45) is 5.92 Å². The van der Waals surface area contributed by atoms with E-state index in [2.05, 4.69) is 18.2 Å². The van der Waals surface area contributed by atoms with Gasteiger partial charge in [0, 0.05) is 11.5 Å². The van der Waals surface area contributed by atoms with Gasteiger partial charge in [-0.1, -0.05) is 54.6 Å². The monoisotopic (exact) mass is 236 g/mol. The van der Waals surface area contributed by atoms with Crippen molar-refractivity contribution in [1.29, 1.82) is 0 Å². The molecule has 0 amide bonds. The molecule has 0 fully saturated rings. The number of hydrogen-bond acceptors (Lipinski definition) is 1. The first-order valence-corrected chi connectivity index (χ1v) is 6.50. The van der Waals surface area contributed by atoms with Crippen LogP contribution >= 0.6 is 0 Å². The Kier molecular flexibility index (Phi) is 2.97.